The van der Waals surface area contributed by atoms with E-state index in [0.717, 1.165) is 63.4 Å². The summed E-state index contributed by atoms with van der Waals surface area (Å²) < 4.78 is 0. The Morgan fingerprint density at radius 1 is 0.367 bits per heavy atom. The van der Waals surface area contributed by atoms with Crippen LogP contribution in [0.25, 0.3) is 78.4 Å². The fraction of sp³-hybridized carbons (Fsp3) is 0.138. The highest BCUT2D eigenvalue weighted by Crippen LogP contribution is 2.58. The van der Waals surface area contributed by atoms with E-state index >= 15 is 0 Å². The van der Waals surface area contributed by atoms with Gasteiger partial charge in [0.1, 0.15) is 0 Å². The van der Waals surface area contributed by atoms with Crippen molar-refractivity contribution in [3.63, 3.8) is 0 Å². The molecule has 0 aliphatic heterocycles. The third kappa shape index (κ3) is 5.69. The van der Waals surface area contributed by atoms with Crippen LogP contribution >= 0.6 is 0 Å². The first-order valence-electron chi connectivity index (χ1n) is 21.3. The number of hydrogen-bond acceptors (Lipinski definition) is 2. The lowest BCUT2D eigenvalue weighted by molar-refractivity contribution is 0.607. The van der Waals surface area contributed by atoms with Crippen LogP contribution in [0, 0.1) is 0 Å². The normalized spacial score (nSPS) is 15.5. The lowest BCUT2D eigenvalue weighted by Crippen LogP contribution is -2.19. The van der Waals surface area contributed by atoms with Crippen molar-refractivity contribution in [2.45, 2.75) is 51.4 Å². The highest BCUT2D eigenvalue weighted by Gasteiger charge is 2.43. The molecule has 3 aliphatic rings. The Kier molecular flexibility index (Phi) is 8.36. The molecule has 0 radical (unpaired) electrons. The number of hydrogen-bond donors (Lipinski definition) is 0. The maximum atomic E-state index is 5.50. The Labute approximate surface area is 353 Å². The molecule has 1 heterocycles. The summed E-state index contributed by atoms with van der Waals surface area (Å²) in [4.78, 5) is 11.0. The third-order valence-electron chi connectivity index (χ3n) is 13.4. The maximum Gasteiger partial charge on any atom is 0.0973 e. The van der Waals surface area contributed by atoms with Gasteiger partial charge in [-0.15, -0.1) is 0 Å². The van der Waals surface area contributed by atoms with E-state index in [9.17, 15) is 0 Å². The van der Waals surface area contributed by atoms with E-state index in [1.165, 1.54) is 55.7 Å². The molecular weight excluding hydrogens is 725 g/mol. The second-order valence-corrected chi connectivity index (χ2v) is 17.6. The largest absolute Gasteiger partial charge is 0.243 e. The number of benzene rings is 7. The van der Waals surface area contributed by atoms with E-state index in [4.69, 9.17) is 9.97 Å². The van der Waals surface area contributed by atoms with Gasteiger partial charge in [-0.05, 0) is 92.3 Å². The second kappa shape index (κ2) is 13.9. The molecule has 0 saturated heterocycles. The van der Waals surface area contributed by atoms with Gasteiger partial charge in [0.2, 0.25) is 0 Å². The van der Waals surface area contributed by atoms with Crippen molar-refractivity contribution in [1.29, 1.82) is 0 Å². The Morgan fingerprint density at radius 3 is 1.47 bits per heavy atom. The minimum Gasteiger partial charge on any atom is -0.243 e. The zero-order valence-electron chi connectivity index (χ0n) is 34.6. The molecule has 0 unspecified atom stereocenters. The molecule has 7 aromatic carbocycles. The molecule has 0 bridgehead atoms. The van der Waals surface area contributed by atoms with Gasteiger partial charge in [0.05, 0.1) is 22.8 Å². The standard InChI is InChI=1S/C58H46N2/c1-57(2)48-28-15-14-26-45(48)46-35-51-47(36-50(46)57)52-44(27-17-29-49(52)58(51,3)4)38-32-30-37(31-33-38)42-24-16-25-43(34-42)56-55(41-22-12-7-13-23-41)59-53(39-18-8-5-9-19-39)54(60-56)40-20-10-6-11-21-40/h5-16,18-28,30-36H,17,29H2,1-4H3. The van der Waals surface area contributed by atoms with Crippen molar-refractivity contribution in [3.8, 4) is 67.3 Å². The number of allylic oxidation sites excluding steroid dienone is 4. The van der Waals surface area contributed by atoms with Crippen molar-refractivity contribution in [1.82, 2.24) is 9.97 Å². The van der Waals surface area contributed by atoms with Crippen LogP contribution in [-0.4, -0.2) is 9.97 Å². The Morgan fingerprint density at radius 2 is 0.850 bits per heavy atom. The first-order valence-corrected chi connectivity index (χ1v) is 21.3. The van der Waals surface area contributed by atoms with Gasteiger partial charge in [-0.3, -0.25) is 0 Å². The van der Waals surface area contributed by atoms with Gasteiger partial charge in [-0.2, -0.15) is 0 Å². The quantitative estimate of drug-likeness (QED) is 0.168. The van der Waals surface area contributed by atoms with Crippen LogP contribution in [0.2, 0.25) is 0 Å². The van der Waals surface area contributed by atoms with E-state index in [-0.39, 0.29) is 10.8 Å². The molecule has 1 aromatic heterocycles. The summed E-state index contributed by atoms with van der Waals surface area (Å²) in [5.74, 6) is 0. The summed E-state index contributed by atoms with van der Waals surface area (Å²) in [5.41, 5.74) is 24.1. The molecule has 0 saturated carbocycles. The SMILES string of the molecule is CC1(C)C2=C(C(c3ccc(-c4cccc(-c5nc(-c6ccccc6)c(-c6ccccc6)nc5-c5ccccc5)c4)cc3)=CCC2)c2cc3c(cc21)-c1ccccc1C3(C)C. The molecular formula is C58H46N2. The topological polar surface area (TPSA) is 25.8 Å². The van der Waals surface area contributed by atoms with Crippen molar-refractivity contribution in [3.05, 3.63) is 215 Å². The van der Waals surface area contributed by atoms with Crippen LogP contribution in [-0.2, 0) is 10.8 Å². The van der Waals surface area contributed by atoms with E-state index in [1.54, 1.807) is 5.57 Å². The van der Waals surface area contributed by atoms with Gasteiger partial charge in [0, 0.05) is 33.1 Å². The molecule has 0 amide bonds. The lowest BCUT2D eigenvalue weighted by Gasteiger charge is -2.27. The van der Waals surface area contributed by atoms with Crippen molar-refractivity contribution in [2.75, 3.05) is 0 Å². The average Bonchev–Trinajstić information content (AvgIpc) is 3.67. The van der Waals surface area contributed by atoms with Crippen LogP contribution in [0.15, 0.2) is 188 Å². The van der Waals surface area contributed by atoms with Crippen molar-refractivity contribution in [2.24, 2.45) is 0 Å². The predicted octanol–water partition coefficient (Wildman–Crippen LogP) is 15.0. The molecule has 0 fully saturated rings. The van der Waals surface area contributed by atoms with Crippen LogP contribution < -0.4 is 0 Å². The summed E-state index contributed by atoms with van der Waals surface area (Å²) in [6, 6.07) is 63.5. The van der Waals surface area contributed by atoms with Crippen LogP contribution in [0.1, 0.15) is 68.4 Å². The van der Waals surface area contributed by atoms with Gasteiger partial charge >= 0.3 is 0 Å². The van der Waals surface area contributed by atoms with Gasteiger partial charge < -0.3 is 0 Å². The van der Waals surface area contributed by atoms with Crippen LogP contribution in [0.4, 0.5) is 0 Å². The van der Waals surface area contributed by atoms with Gasteiger partial charge in [-0.25, -0.2) is 9.97 Å². The smallest absolute Gasteiger partial charge is 0.0973 e. The van der Waals surface area contributed by atoms with E-state index in [2.05, 4.69) is 198 Å². The summed E-state index contributed by atoms with van der Waals surface area (Å²) >= 11 is 0. The molecule has 0 spiro atoms. The first-order chi connectivity index (χ1) is 29.3. The molecule has 288 valence electrons. The molecule has 3 aliphatic carbocycles. The highest BCUT2D eigenvalue weighted by atomic mass is 14.9. The van der Waals surface area contributed by atoms with E-state index in [0.29, 0.717) is 0 Å². The van der Waals surface area contributed by atoms with Gasteiger partial charge in [0.25, 0.3) is 0 Å². The van der Waals surface area contributed by atoms with Crippen molar-refractivity contribution >= 4 is 11.1 Å². The zero-order valence-corrected chi connectivity index (χ0v) is 34.6. The molecule has 11 rings (SSSR count). The molecule has 2 nitrogen and oxygen atoms in total. The number of nitrogens with zero attached hydrogens (tertiary/aromatic N) is 2. The van der Waals surface area contributed by atoms with Crippen molar-refractivity contribution < 1.29 is 0 Å². The minimum absolute atomic E-state index is 0.0254. The van der Waals surface area contributed by atoms with E-state index < -0.39 is 0 Å². The molecule has 2 heteroatoms. The molecule has 8 aromatic rings. The third-order valence-corrected chi connectivity index (χ3v) is 13.4. The Hall–Kier alpha value is -6.90. The van der Waals surface area contributed by atoms with Gasteiger partial charge in [-0.1, -0.05) is 197 Å². The summed E-state index contributed by atoms with van der Waals surface area (Å²) in [7, 11) is 0. The lowest BCUT2D eigenvalue weighted by atomic mass is 9.76. The second-order valence-electron chi connectivity index (χ2n) is 17.6. The maximum absolute atomic E-state index is 5.50. The minimum atomic E-state index is -0.0381. The summed E-state index contributed by atoms with van der Waals surface area (Å²) in [5, 5.41) is 0. The zero-order chi connectivity index (χ0) is 40.6. The number of rotatable bonds is 6. The Bertz CT molecular complexity index is 3040. The fourth-order valence-electron chi connectivity index (χ4n) is 10.3. The monoisotopic (exact) mass is 770 g/mol. The average molecular weight is 771 g/mol. The number of aromatic nitrogens is 2. The van der Waals surface area contributed by atoms with Crippen LogP contribution in [0.3, 0.4) is 0 Å². The molecule has 0 atom stereocenters. The van der Waals surface area contributed by atoms with Crippen LogP contribution in [0.5, 0.6) is 0 Å². The first kappa shape index (κ1) is 36.2. The highest BCUT2D eigenvalue weighted by molar-refractivity contribution is 6.11. The Balaban J connectivity index is 0.986. The van der Waals surface area contributed by atoms with E-state index in [1.807, 2.05) is 12.1 Å². The molecule has 0 N–H and O–H groups in total. The fourth-order valence-corrected chi connectivity index (χ4v) is 10.3. The summed E-state index contributed by atoms with van der Waals surface area (Å²) in [6.07, 6.45) is 4.64. The molecule has 60 heavy (non-hydrogen) atoms. The summed E-state index contributed by atoms with van der Waals surface area (Å²) in [6.45, 7) is 9.66. The predicted molar refractivity (Wildman–Crippen MR) is 250 cm³/mol. The van der Waals surface area contributed by atoms with Gasteiger partial charge in [0.15, 0.2) is 0 Å². The number of fused-ring (bicyclic) bond motifs is 5.